The SMILES string of the molecule is CCNC(=NCC(C)N1CCOCC1)NC(C)c1ccc(OCC)c(OCC)c1.I. The summed E-state index contributed by atoms with van der Waals surface area (Å²) in [5.74, 6) is 2.39. The van der Waals surface area contributed by atoms with Crippen LogP contribution in [0.2, 0.25) is 0 Å². The summed E-state index contributed by atoms with van der Waals surface area (Å²) in [6, 6.07) is 6.57. The molecule has 2 N–H and O–H groups in total. The maximum Gasteiger partial charge on any atom is 0.191 e. The number of halogens is 1. The van der Waals surface area contributed by atoms with Gasteiger partial charge in [-0.25, -0.2) is 0 Å². The molecule has 172 valence electrons. The van der Waals surface area contributed by atoms with Crippen molar-refractivity contribution in [3.8, 4) is 11.5 Å². The summed E-state index contributed by atoms with van der Waals surface area (Å²) >= 11 is 0. The molecule has 1 aromatic carbocycles. The highest BCUT2D eigenvalue weighted by atomic mass is 127. The second-order valence-electron chi connectivity index (χ2n) is 7.16. The van der Waals surface area contributed by atoms with Crippen molar-refractivity contribution in [3.63, 3.8) is 0 Å². The monoisotopic (exact) mass is 534 g/mol. The summed E-state index contributed by atoms with van der Waals surface area (Å²) < 4.78 is 16.9. The van der Waals surface area contributed by atoms with Gasteiger partial charge in [-0.1, -0.05) is 6.07 Å². The largest absolute Gasteiger partial charge is 0.490 e. The van der Waals surface area contributed by atoms with Gasteiger partial charge in [0.2, 0.25) is 0 Å². The molecule has 7 nitrogen and oxygen atoms in total. The van der Waals surface area contributed by atoms with E-state index in [1.54, 1.807) is 0 Å². The van der Waals surface area contributed by atoms with Gasteiger partial charge in [0.05, 0.1) is 39.0 Å². The Morgan fingerprint density at radius 2 is 1.77 bits per heavy atom. The average Bonchev–Trinajstić information content (AvgIpc) is 2.74. The van der Waals surface area contributed by atoms with Gasteiger partial charge < -0.3 is 24.8 Å². The zero-order valence-electron chi connectivity index (χ0n) is 19.1. The highest BCUT2D eigenvalue weighted by molar-refractivity contribution is 14.0. The summed E-state index contributed by atoms with van der Waals surface area (Å²) in [5.41, 5.74) is 1.13. The summed E-state index contributed by atoms with van der Waals surface area (Å²) in [6.45, 7) is 16.7. The molecule has 1 fully saturated rings. The minimum Gasteiger partial charge on any atom is -0.490 e. The van der Waals surface area contributed by atoms with Gasteiger partial charge in [-0.15, -0.1) is 24.0 Å². The van der Waals surface area contributed by atoms with Crippen molar-refractivity contribution in [3.05, 3.63) is 23.8 Å². The number of hydrogen-bond donors (Lipinski definition) is 2. The molecule has 0 amide bonds. The van der Waals surface area contributed by atoms with Gasteiger partial charge in [0.25, 0.3) is 0 Å². The Hall–Kier alpha value is -1.26. The minimum atomic E-state index is 0. The second-order valence-corrected chi connectivity index (χ2v) is 7.16. The fourth-order valence-corrected chi connectivity index (χ4v) is 3.30. The minimum absolute atomic E-state index is 0. The molecule has 30 heavy (non-hydrogen) atoms. The predicted molar refractivity (Wildman–Crippen MR) is 134 cm³/mol. The van der Waals surface area contributed by atoms with Gasteiger partial charge in [0.1, 0.15) is 0 Å². The first-order chi connectivity index (χ1) is 14.1. The number of ether oxygens (including phenoxy) is 3. The van der Waals surface area contributed by atoms with E-state index in [2.05, 4.69) is 42.4 Å². The number of guanidine groups is 1. The second kappa shape index (κ2) is 14.7. The van der Waals surface area contributed by atoms with Gasteiger partial charge in [-0.05, 0) is 52.3 Å². The van der Waals surface area contributed by atoms with Crippen molar-refractivity contribution in [2.45, 2.75) is 46.7 Å². The zero-order chi connectivity index (χ0) is 21.1. The van der Waals surface area contributed by atoms with Gasteiger partial charge in [0, 0.05) is 25.7 Å². The van der Waals surface area contributed by atoms with Crippen molar-refractivity contribution in [1.29, 1.82) is 0 Å². The molecule has 2 atom stereocenters. The lowest BCUT2D eigenvalue weighted by molar-refractivity contribution is 0.0220. The summed E-state index contributed by atoms with van der Waals surface area (Å²) in [5, 5.41) is 6.87. The van der Waals surface area contributed by atoms with E-state index in [1.807, 2.05) is 26.0 Å². The fraction of sp³-hybridized carbons (Fsp3) is 0.682. The summed E-state index contributed by atoms with van der Waals surface area (Å²) in [4.78, 5) is 7.25. The van der Waals surface area contributed by atoms with E-state index in [-0.39, 0.29) is 30.0 Å². The third-order valence-corrected chi connectivity index (χ3v) is 4.95. The summed E-state index contributed by atoms with van der Waals surface area (Å²) in [6.07, 6.45) is 0. The Labute approximate surface area is 199 Å². The smallest absolute Gasteiger partial charge is 0.191 e. The van der Waals surface area contributed by atoms with E-state index in [0.717, 1.165) is 62.4 Å². The Morgan fingerprint density at radius 1 is 1.10 bits per heavy atom. The van der Waals surface area contributed by atoms with E-state index in [9.17, 15) is 0 Å². The number of nitrogens with one attached hydrogen (secondary N) is 2. The molecule has 1 saturated heterocycles. The Kier molecular flexibility index (Phi) is 13.1. The third-order valence-electron chi connectivity index (χ3n) is 4.95. The van der Waals surface area contributed by atoms with Crippen LogP contribution >= 0.6 is 24.0 Å². The van der Waals surface area contributed by atoms with Crippen LogP contribution < -0.4 is 20.1 Å². The Morgan fingerprint density at radius 3 is 2.40 bits per heavy atom. The number of hydrogen-bond acceptors (Lipinski definition) is 5. The molecule has 0 spiro atoms. The molecule has 1 aliphatic rings. The summed E-state index contributed by atoms with van der Waals surface area (Å²) in [7, 11) is 0. The Bertz CT molecular complexity index is 639. The molecule has 0 saturated carbocycles. The lowest BCUT2D eigenvalue weighted by Gasteiger charge is -2.31. The van der Waals surface area contributed by atoms with Crippen LogP contribution in [0.4, 0.5) is 0 Å². The van der Waals surface area contributed by atoms with E-state index in [0.29, 0.717) is 19.3 Å². The van der Waals surface area contributed by atoms with Gasteiger partial charge in [-0.2, -0.15) is 0 Å². The van der Waals surface area contributed by atoms with Crippen LogP contribution in [0.1, 0.15) is 46.2 Å². The van der Waals surface area contributed by atoms with Gasteiger partial charge >= 0.3 is 0 Å². The first-order valence-electron chi connectivity index (χ1n) is 10.8. The van der Waals surface area contributed by atoms with E-state index in [1.165, 1.54) is 0 Å². The standard InChI is InChI=1S/C22H38N4O3.HI/c1-6-23-22(24-16-17(4)26-11-13-27-14-12-26)25-18(5)19-9-10-20(28-7-2)21(15-19)29-8-3;/h9-10,15,17-18H,6-8,11-14,16H2,1-5H3,(H2,23,24,25);1H. The van der Waals surface area contributed by atoms with Crippen LogP contribution in [0.15, 0.2) is 23.2 Å². The molecule has 1 aliphatic heterocycles. The third kappa shape index (κ3) is 8.47. The lowest BCUT2D eigenvalue weighted by Crippen LogP contribution is -2.44. The van der Waals surface area contributed by atoms with Crippen molar-refractivity contribution in [1.82, 2.24) is 15.5 Å². The van der Waals surface area contributed by atoms with Crippen LogP contribution in [-0.4, -0.2) is 69.5 Å². The van der Waals surface area contributed by atoms with E-state index in [4.69, 9.17) is 19.2 Å². The molecule has 2 unspecified atom stereocenters. The molecular weight excluding hydrogens is 495 g/mol. The highest BCUT2D eigenvalue weighted by Crippen LogP contribution is 2.30. The van der Waals surface area contributed by atoms with Crippen molar-refractivity contribution < 1.29 is 14.2 Å². The van der Waals surface area contributed by atoms with Gasteiger partial charge in [-0.3, -0.25) is 9.89 Å². The van der Waals surface area contributed by atoms with Crippen LogP contribution in [0, 0.1) is 0 Å². The lowest BCUT2D eigenvalue weighted by atomic mass is 10.1. The number of morpholine rings is 1. The molecule has 1 aromatic rings. The van der Waals surface area contributed by atoms with Crippen LogP contribution in [0.3, 0.4) is 0 Å². The Balaban J connectivity index is 0.00000450. The van der Waals surface area contributed by atoms with Gasteiger partial charge in [0.15, 0.2) is 17.5 Å². The maximum absolute atomic E-state index is 5.76. The molecule has 0 radical (unpaired) electrons. The molecule has 2 rings (SSSR count). The molecule has 0 aliphatic carbocycles. The van der Waals surface area contributed by atoms with Crippen molar-refractivity contribution in [2.75, 3.05) is 52.6 Å². The normalized spacial score (nSPS) is 16.9. The molecule has 1 heterocycles. The topological polar surface area (TPSA) is 67.4 Å². The number of benzene rings is 1. The number of rotatable bonds is 10. The van der Waals surface area contributed by atoms with Crippen molar-refractivity contribution >= 4 is 29.9 Å². The first kappa shape index (κ1) is 26.8. The van der Waals surface area contributed by atoms with Crippen LogP contribution in [0.25, 0.3) is 0 Å². The van der Waals surface area contributed by atoms with Crippen LogP contribution in [-0.2, 0) is 4.74 Å². The first-order valence-corrected chi connectivity index (χ1v) is 10.8. The molecular formula is C22H39IN4O3. The molecule has 0 bridgehead atoms. The average molecular weight is 534 g/mol. The van der Waals surface area contributed by atoms with Crippen molar-refractivity contribution in [2.24, 2.45) is 4.99 Å². The van der Waals surface area contributed by atoms with E-state index >= 15 is 0 Å². The zero-order valence-corrected chi connectivity index (χ0v) is 21.4. The highest BCUT2D eigenvalue weighted by Gasteiger charge is 2.17. The number of nitrogens with zero attached hydrogens (tertiary/aromatic N) is 2. The predicted octanol–water partition coefficient (Wildman–Crippen LogP) is 3.44. The van der Waals surface area contributed by atoms with E-state index < -0.39 is 0 Å². The molecule has 0 aromatic heterocycles. The quantitative estimate of drug-likeness (QED) is 0.273. The molecule has 8 heteroatoms. The maximum atomic E-state index is 5.76. The number of aliphatic imine (C=N–C) groups is 1. The van der Waals surface area contributed by atoms with Crippen LogP contribution in [0.5, 0.6) is 11.5 Å². The fourth-order valence-electron chi connectivity index (χ4n) is 3.30.